The molecule has 7 heteroatoms. The van der Waals surface area contributed by atoms with Crippen LogP contribution in [0, 0.1) is 5.41 Å². The molecular weight excluding hydrogens is 330 g/mol. The molecular formula is C17H37NO5S. The first kappa shape index (κ1) is 23.8. The molecule has 6 nitrogen and oxygen atoms in total. The molecule has 0 aromatic heterocycles. The molecule has 0 aliphatic carbocycles. The van der Waals surface area contributed by atoms with Crippen molar-refractivity contribution in [2.24, 2.45) is 5.41 Å². The quantitative estimate of drug-likeness (QED) is 0.555. The van der Waals surface area contributed by atoms with Crippen LogP contribution in [-0.4, -0.2) is 70.2 Å². The first-order valence-corrected chi connectivity index (χ1v) is 10.2. The second-order valence-electron chi connectivity index (χ2n) is 8.30. The first-order valence-electron chi connectivity index (χ1n) is 8.39. The van der Waals surface area contributed by atoms with E-state index in [4.69, 9.17) is 14.2 Å². The number of rotatable bonds is 10. The molecule has 0 fully saturated rings. The molecule has 0 heterocycles. The van der Waals surface area contributed by atoms with Gasteiger partial charge in [0.2, 0.25) is 10.0 Å². The predicted octanol–water partition coefficient (Wildman–Crippen LogP) is 2.53. The standard InChI is InChI=1S/C17H37NO5S/c1-14(16(2,3)4)23-15(13-22-11-10-21-8)12-18(17(5,6)7)24(9,19)20/h14-15H,10-13H2,1-9H3/t14-,15-/m0/s1. The van der Waals surface area contributed by atoms with Crippen LogP contribution in [0.5, 0.6) is 0 Å². The fraction of sp³-hybridized carbons (Fsp3) is 1.00. The van der Waals surface area contributed by atoms with E-state index in [0.717, 1.165) is 0 Å². The van der Waals surface area contributed by atoms with Gasteiger partial charge in [0.1, 0.15) is 0 Å². The minimum absolute atomic E-state index is 0.0325. The van der Waals surface area contributed by atoms with Gasteiger partial charge in [0, 0.05) is 19.2 Å². The van der Waals surface area contributed by atoms with Crippen molar-refractivity contribution in [1.82, 2.24) is 4.31 Å². The Bertz CT molecular complexity index is 451. The van der Waals surface area contributed by atoms with Crippen LogP contribution < -0.4 is 0 Å². The van der Waals surface area contributed by atoms with Crippen LogP contribution in [0.25, 0.3) is 0 Å². The molecule has 0 aromatic carbocycles. The highest BCUT2D eigenvalue weighted by atomic mass is 32.2. The molecule has 0 radical (unpaired) electrons. The van der Waals surface area contributed by atoms with Crippen molar-refractivity contribution in [3.63, 3.8) is 0 Å². The maximum Gasteiger partial charge on any atom is 0.211 e. The minimum atomic E-state index is -3.35. The van der Waals surface area contributed by atoms with E-state index in [9.17, 15) is 8.42 Å². The highest BCUT2D eigenvalue weighted by molar-refractivity contribution is 7.88. The van der Waals surface area contributed by atoms with Gasteiger partial charge in [-0.15, -0.1) is 0 Å². The van der Waals surface area contributed by atoms with Gasteiger partial charge < -0.3 is 14.2 Å². The molecule has 24 heavy (non-hydrogen) atoms. The Hall–Kier alpha value is -0.210. The number of hydrogen-bond donors (Lipinski definition) is 0. The summed E-state index contributed by atoms with van der Waals surface area (Å²) in [5.41, 5.74) is -0.560. The van der Waals surface area contributed by atoms with Crippen LogP contribution in [0.3, 0.4) is 0 Å². The van der Waals surface area contributed by atoms with Crippen molar-refractivity contribution in [3.05, 3.63) is 0 Å². The number of nitrogens with zero attached hydrogens (tertiary/aromatic N) is 1. The van der Waals surface area contributed by atoms with Crippen molar-refractivity contribution >= 4 is 10.0 Å². The summed E-state index contributed by atoms with van der Waals surface area (Å²) in [6, 6.07) is 0. The van der Waals surface area contributed by atoms with E-state index in [0.29, 0.717) is 19.8 Å². The van der Waals surface area contributed by atoms with Gasteiger partial charge in [-0.1, -0.05) is 20.8 Å². The molecule has 0 aliphatic rings. The predicted molar refractivity (Wildman–Crippen MR) is 97.8 cm³/mol. The molecule has 0 amide bonds. The lowest BCUT2D eigenvalue weighted by Gasteiger charge is -2.38. The van der Waals surface area contributed by atoms with E-state index in [1.54, 1.807) is 7.11 Å². The zero-order chi connectivity index (χ0) is 19.2. The van der Waals surface area contributed by atoms with Crippen LogP contribution >= 0.6 is 0 Å². The highest BCUT2D eigenvalue weighted by Crippen LogP contribution is 2.25. The molecule has 0 aromatic rings. The number of hydrogen-bond acceptors (Lipinski definition) is 5. The largest absolute Gasteiger partial charge is 0.382 e. The fourth-order valence-corrected chi connectivity index (χ4v) is 3.51. The third-order valence-electron chi connectivity index (χ3n) is 3.87. The van der Waals surface area contributed by atoms with Crippen molar-refractivity contribution < 1.29 is 22.6 Å². The maximum atomic E-state index is 12.2. The molecule has 0 rings (SSSR count). The summed E-state index contributed by atoms with van der Waals surface area (Å²) in [7, 11) is -1.74. The molecule has 0 saturated heterocycles. The van der Waals surface area contributed by atoms with Crippen molar-refractivity contribution in [3.8, 4) is 0 Å². The van der Waals surface area contributed by atoms with E-state index in [1.165, 1.54) is 10.6 Å². The molecule has 2 atom stereocenters. The van der Waals surface area contributed by atoms with E-state index < -0.39 is 15.6 Å². The molecule has 0 spiro atoms. The summed E-state index contributed by atoms with van der Waals surface area (Å²) >= 11 is 0. The van der Waals surface area contributed by atoms with E-state index in [2.05, 4.69) is 20.8 Å². The molecule has 0 bridgehead atoms. The second kappa shape index (κ2) is 9.48. The van der Waals surface area contributed by atoms with Crippen LogP contribution in [0.2, 0.25) is 0 Å². The summed E-state index contributed by atoms with van der Waals surface area (Å²) in [6.45, 7) is 15.5. The highest BCUT2D eigenvalue weighted by Gasteiger charge is 2.34. The Morgan fingerprint density at radius 2 is 1.58 bits per heavy atom. The van der Waals surface area contributed by atoms with Gasteiger partial charge in [0.05, 0.1) is 38.3 Å². The van der Waals surface area contributed by atoms with Crippen LogP contribution in [0.1, 0.15) is 48.5 Å². The Morgan fingerprint density at radius 1 is 1.04 bits per heavy atom. The monoisotopic (exact) mass is 367 g/mol. The smallest absolute Gasteiger partial charge is 0.211 e. The topological polar surface area (TPSA) is 65.1 Å². The third-order valence-corrected chi connectivity index (χ3v) is 5.37. The van der Waals surface area contributed by atoms with Crippen LogP contribution in [0.15, 0.2) is 0 Å². The van der Waals surface area contributed by atoms with Gasteiger partial charge in [-0.05, 0) is 33.1 Å². The molecule has 146 valence electrons. The van der Waals surface area contributed by atoms with Crippen molar-refractivity contribution in [2.45, 2.75) is 66.2 Å². The van der Waals surface area contributed by atoms with Crippen LogP contribution in [-0.2, 0) is 24.2 Å². The Balaban J connectivity index is 5.14. The number of methoxy groups -OCH3 is 1. The number of ether oxygens (including phenoxy) is 3. The lowest BCUT2D eigenvalue weighted by atomic mass is 9.90. The summed E-state index contributed by atoms with van der Waals surface area (Å²) in [5, 5.41) is 0. The Kier molecular flexibility index (Phi) is 9.39. The van der Waals surface area contributed by atoms with Crippen molar-refractivity contribution in [2.75, 3.05) is 39.7 Å². The maximum absolute atomic E-state index is 12.2. The summed E-state index contributed by atoms with van der Waals surface area (Å²) < 4.78 is 42.6. The summed E-state index contributed by atoms with van der Waals surface area (Å²) in [5.74, 6) is 0. The second-order valence-corrected chi connectivity index (χ2v) is 10.2. The molecule has 0 N–H and O–H groups in total. The van der Waals surface area contributed by atoms with Gasteiger partial charge >= 0.3 is 0 Å². The third kappa shape index (κ3) is 9.32. The Morgan fingerprint density at radius 3 is 1.96 bits per heavy atom. The number of sulfonamides is 1. The summed E-state index contributed by atoms with van der Waals surface area (Å²) in [6.07, 6.45) is 0.855. The van der Waals surface area contributed by atoms with Gasteiger partial charge in [-0.2, -0.15) is 4.31 Å². The van der Waals surface area contributed by atoms with Gasteiger partial charge in [0.25, 0.3) is 0 Å². The lowest BCUT2D eigenvalue weighted by Crippen LogP contribution is -2.51. The zero-order valence-electron chi connectivity index (χ0n) is 16.9. The van der Waals surface area contributed by atoms with E-state index >= 15 is 0 Å². The van der Waals surface area contributed by atoms with E-state index in [-0.39, 0.29) is 24.2 Å². The minimum Gasteiger partial charge on any atom is -0.382 e. The molecule has 0 saturated carbocycles. The van der Waals surface area contributed by atoms with Crippen molar-refractivity contribution in [1.29, 1.82) is 0 Å². The lowest BCUT2D eigenvalue weighted by molar-refractivity contribution is -0.0975. The average molecular weight is 368 g/mol. The molecule has 0 aliphatic heterocycles. The first-order chi connectivity index (χ1) is 10.7. The zero-order valence-corrected chi connectivity index (χ0v) is 17.7. The van der Waals surface area contributed by atoms with Gasteiger partial charge in [-0.25, -0.2) is 8.42 Å². The van der Waals surface area contributed by atoms with E-state index in [1.807, 2.05) is 27.7 Å². The normalized spacial score (nSPS) is 16.4. The molecule has 0 unspecified atom stereocenters. The Labute approximate surface area is 148 Å². The van der Waals surface area contributed by atoms with Gasteiger partial charge in [0.15, 0.2) is 0 Å². The summed E-state index contributed by atoms with van der Waals surface area (Å²) in [4.78, 5) is 0. The average Bonchev–Trinajstić information content (AvgIpc) is 2.36. The fourth-order valence-electron chi connectivity index (χ4n) is 2.08. The van der Waals surface area contributed by atoms with Crippen LogP contribution in [0.4, 0.5) is 0 Å². The van der Waals surface area contributed by atoms with Gasteiger partial charge in [-0.3, -0.25) is 0 Å². The SMILES string of the molecule is COCCOC[C@H](CN(C(C)(C)C)S(C)(=O)=O)O[C@@H](C)C(C)(C)C.